The van der Waals surface area contributed by atoms with Crippen LogP contribution in [-0.2, 0) is 13.0 Å². The van der Waals surface area contributed by atoms with Gasteiger partial charge in [-0.25, -0.2) is 4.79 Å². The van der Waals surface area contributed by atoms with E-state index in [1.54, 1.807) is 0 Å². The molecule has 0 saturated carbocycles. The van der Waals surface area contributed by atoms with Crippen molar-refractivity contribution in [1.29, 1.82) is 0 Å². The van der Waals surface area contributed by atoms with Gasteiger partial charge in [-0.3, -0.25) is 0 Å². The topological polar surface area (TPSA) is 41.1 Å². The minimum Gasteiger partial charge on any atom is -0.336 e. The Balaban J connectivity index is 1.70. The number of aryl methyl sites for hydroxylation is 1. The summed E-state index contributed by atoms with van der Waals surface area (Å²) >= 11 is 3.42. The van der Waals surface area contributed by atoms with Crippen LogP contribution in [-0.4, -0.2) is 12.1 Å². The predicted molar refractivity (Wildman–Crippen MR) is 93.7 cm³/mol. The maximum absolute atomic E-state index is 11.9. The Morgan fingerprint density at radius 2 is 1.82 bits per heavy atom. The molecule has 0 radical (unpaired) electrons. The van der Waals surface area contributed by atoms with Gasteiger partial charge in [0.1, 0.15) is 0 Å². The molecular weight excluding hydrogens is 340 g/mol. The maximum Gasteiger partial charge on any atom is 0.315 e. The van der Waals surface area contributed by atoms with Crippen molar-refractivity contribution in [2.24, 2.45) is 0 Å². The molecule has 0 bridgehead atoms. The molecule has 3 nitrogen and oxygen atoms in total. The predicted octanol–water partition coefficient (Wildman–Crippen LogP) is 4.27. The Morgan fingerprint density at radius 1 is 1.09 bits per heavy atom. The number of amides is 2. The highest BCUT2D eigenvalue weighted by molar-refractivity contribution is 9.10. The lowest BCUT2D eigenvalue weighted by Crippen LogP contribution is -2.40. The Kier molecular flexibility index (Phi) is 6.46. The molecule has 0 spiro atoms. The lowest BCUT2D eigenvalue weighted by Gasteiger charge is -2.15. The quantitative estimate of drug-likeness (QED) is 0.793. The van der Waals surface area contributed by atoms with Crippen LogP contribution < -0.4 is 10.6 Å². The first kappa shape index (κ1) is 16.6. The number of carbonyl (C=O) groups is 1. The Bertz CT molecular complexity index is 601. The zero-order valence-corrected chi connectivity index (χ0v) is 14.3. The summed E-state index contributed by atoms with van der Waals surface area (Å²) in [5.41, 5.74) is 2.37. The van der Waals surface area contributed by atoms with Gasteiger partial charge in [-0.2, -0.15) is 0 Å². The second-order valence-electron chi connectivity index (χ2n) is 5.38. The molecule has 0 saturated heterocycles. The molecule has 2 rings (SSSR count). The van der Waals surface area contributed by atoms with Crippen molar-refractivity contribution < 1.29 is 4.79 Å². The van der Waals surface area contributed by atoms with E-state index in [-0.39, 0.29) is 12.1 Å². The summed E-state index contributed by atoms with van der Waals surface area (Å²) in [4.78, 5) is 11.9. The minimum atomic E-state index is -0.125. The van der Waals surface area contributed by atoms with E-state index >= 15 is 0 Å². The van der Waals surface area contributed by atoms with Crippen molar-refractivity contribution in [2.75, 3.05) is 0 Å². The van der Waals surface area contributed by atoms with Crippen molar-refractivity contribution in [3.8, 4) is 0 Å². The molecule has 0 aromatic heterocycles. The number of halogens is 1. The lowest BCUT2D eigenvalue weighted by molar-refractivity contribution is 0.237. The van der Waals surface area contributed by atoms with E-state index in [1.807, 2.05) is 49.4 Å². The Hall–Kier alpha value is -1.81. The third kappa shape index (κ3) is 5.90. The molecule has 0 aliphatic rings. The Labute approximate surface area is 140 Å². The normalized spacial score (nSPS) is 11.7. The van der Waals surface area contributed by atoms with Crippen molar-refractivity contribution in [2.45, 2.75) is 32.4 Å². The fourth-order valence-electron chi connectivity index (χ4n) is 2.20. The fraction of sp³-hybridized carbons (Fsp3) is 0.278. The van der Waals surface area contributed by atoms with E-state index in [1.165, 1.54) is 5.56 Å². The van der Waals surface area contributed by atoms with Crippen LogP contribution in [0.25, 0.3) is 0 Å². The van der Waals surface area contributed by atoms with Crippen molar-refractivity contribution in [3.05, 3.63) is 70.2 Å². The van der Waals surface area contributed by atoms with Crippen molar-refractivity contribution >= 4 is 22.0 Å². The van der Waals surface area contributed by atoms with Gasteiger partial charge in [0.25, 0.3) is 0 Å². The van der Waals surface area contributed by atoms with Gasteiger partial charge < -0.3 is 10.6 Å². The van der Waals surface area contributed by atoms with Gasteiger partial charge in [-0.05, 0) is 43.0 Å². The molecule has 0 heterocycles. The van der Waals surface area contributed by atoms with Crippen LogP contribution >= 0.6 is 15.9 Å². The van der Waals surface area contributed by atoms with E-state index < -0.39 is 0 Å². The molecule has 2 N–H and O–H groups in total. The minimum absolute atomic E-state index is 0.125. The summed E-state index contributed by atoms with van der Waals surface area (Å²) in [5.74, 6) is 0. The first-order chi connectivity index (χ1) is 10.6. The first-order valence-corrected chi connectivity index (χ1v) is 8.25. The van der Waals surface area contributed by atoms with Gasteiger partial charge in [0.05, 0.1) is 0 Å². The first-order valence-electron chi connectivity index (χ1n) is 7.46. The van der Waals surface area contributed by atoms with Gasteiger partial charge in [-0.15, -0.1) is 0 Å². The summed E-state index contributed by atoms with van der Waals surface area (Å²) < 4.78 is 1.02. The monoisotopic (exact) mass is 360 g/mol. The fourth-order valence-corrected chi connectivity index (χ4v) is 2.65. The van der Waals surface area contributed by atoms with Crippen LogP contribution in [0.3, 0.4) is 0 Å². The lowest BCUT2D eigenvalue weighted by atomic mass is 10.1. The number of urea groups is 1. The standard InChI is InChI=1S/C18H21BrN2O/c1-14(10-11-15-6-3-2-4-7-15)21-18(22)20-13-16-8-5-9-17(19)12-16/h2-9,12,14H,10-11,13H2,1H3,(H2,20,21,22). The SMILES string of the molecule is CC(CCc1ccccc1)NC(=O)NCc1cccc(Br)c1. The van der Waals surface area contributed by atoms with Gasteiger partial charge >= 0.3 is 6.03 Å². The van der Waals surface area contributed by atoms with Crippen LogP contribution in [0, 0.1) is 0 Å². The summed E-state index contributed by atoms with van der Waals surface area (Å²) in [7, 11) is 0. The molecule has 1 atom stereocenters. The maximum atomic E-state index is 11.9. The second kappa shape index (κ2) is 8.59. The van der Waals surface area contributed by atoms with Crippen LogP contribution in [0.2, 0.25) is 0 Å². The largest absolute Gasteiger partial charge is 0.336 e. The molecule has 116 valence electrons. The number of nitrogens with one attached hydrogen (secondary N) is 2. The molecule has 2 aromatic rings. The van der Waals surface area contributed by atoms with Gasteiger partial charge in [0.15, 0.2) is 0 Å². The molecular formula is C18H21BrN2O. The van der Waals surface area contributed by atoms with Crippen LogP contribution in [0.4, 0.5) is 4.79 Å². The van der Waals surface area contributed by atoms with Crippen LogP contribution in [0.5, 0.6) is 0 Å². The van der Waals surface area contributed by atoms with Gasteiger partial charge in [0.2, 0.25) is 0 Å². The van der Waals surface area contributed by atoms with Gasteiger partial charge in [-0.1, -0.05) is 58.4 Å². The van der Waals surface area contributed by atoms with E-state index in [4.69, 9.17) is 0 Å². The number of benzene rings is 2. The molecule has 2 aromatic carbocycles. The number of carbonyl (C=O) groups excluding carboxylic acids is 1. The summed E-state index contributed by atoms with van der Waals surface area (Å²) in [6.07, 6.45) is 1.89. The number of hydrogen-bond donors (Lipinski definition) is 2. The van der Waals surface area contributed by atoms with E-state index in [9.17, 15) is 4.79 Å². The summed E-state index contributed by atoms with van der Waals surface area (Å²) in [5, 5.41) is 5.86. The molecule has 0 aliphatic carbocycles. The average Bonchev–Trinajstić information content (AvgIpc) is 2.52. The zero-order chi connectivity index (χ0) is 15.8. The highest BCUT2D eigenvalue weighted by atomic mass is 79.9. The van der Waals surface area contributed by atoms with E-state index in [0.29, 0.717) is 6.54 Å². The van der Waals surface area contributed by atoms with Gasteiger partial charge in [0, 0.05) is 17.1 Å². The van der Waals surface area contributed by atoms with E-state index in [2.05, 4.69) is 38.7 Å². The summed E-state index contributed by atoms with van der Waals surface area (Å²) in [6.45, 7) is 2.55. The molecule has 2 amide bonds. The smallest absolute Gasteiger partial charge is 0.315 e. The molecule has 0 fully saturated rings. The van der Waals surface area contributed by atoms with Crippen molar-refractivity contribution in [1.82, 2.24) is 10.6 Å². The summed E-state index contributed by atoms with van der Waals surface area (Å²) in [6, 6.07) is 18.2. The highest BCUT2D eigenvalue weighted by Crippen LogP contribution is 2.11. The average molecular weight is 361 g/mol. The number of rotatable bonds is 6. The molecule has 0 aliphatic heterocycles. The third-order valence-corrected chi connectivity index (χ3v) is 3.92. The number of hydrogen-bond acceptors (Lipinski definition) is 1. The second-order valence-corrected chi connectivity index (χ2v) is 6.30. The third-order valence-electron chi connectivity index (χ3n) is 3.43. The van der Waals surface area contributed by atoms with Crippen molar-refractivity contribution in [3.63, 3.8) is 0 Å². The van der Waals surface area contributed by atoms with E-state index in [0.717, 1.165) is 22.9 Å². The molecule has 1 unspecified atom stereocenters. The Morgan fingerprint density at radius 3 is 2.55 bits per heavy atom. The molecule has 4 heteroatoms. The van der Waals surface area contributed by atoms with Crippen LogP contribution in [0.15, 0.2) is 59.1 Å². The highest BCUT2D eigenvalue weighted by Gasteiger charge is 2.07. The zero-order valence-electron chi connectivity index (χ0n) is 12.7. The molecule has 22 heavy (non-hydrogen) atoms. The van der Waals surface area contributed by atoms with Crippen LogP contribution in [0.1, 0.15) is 24.5 Å².